The highest BCUT2D eigenvalue weighted by molar-refractivity contribution is 5.98. The molecule has 7 heteroatoms. The predicted molar refractivity (Wildman–Crippen MR) is 113 cm³/mol. The second-order valence-electron chi connectivity index (χ2n) is 6.17. The SMILES string of the molecule is C=NC(=Nc1c(C)c2[nH]ncc2c(=O)n1-c1ccccc1)Nc1ccccc1. The fraction of sp³-hybridized carbons (Fsp3) is 0.0476. The first-order chi connectivity index (χ1) is 13.7. The summed E-state index contributed by atoms with van der Waals surface area (Å²) in [4.78, 5) is 21.8. The van der Waals surface area contributed by atoms with Gasteiger partial charge in [0.1, 0.15) is 5.82 Å². The Hall–Kier alpha value is -4.00. The van der Waals surface area contributed by atoms with Gasteiger partial charge in [-0.2, -0.15) is 10.1 Å². The van der Waals surface area contributed by atoms with E-state index in [1.165, 1.54) is 6.20 Å². The van der Waals surface area contributed by atoms with Gasteiger partial charge < -0.3 is 5.32 Å². The lowest BCUT2D eigenvalue weighted by atomic mass is 10.2. The minimum atomic E-state index is -0.206. The third-order valence-corrected chi connectivity index (χ3v) is 4.40. The normalized spacial score (nSPS) is 11.5. The number of pyridine rings is 1. The Morgan fingerprint density at radius 2 is 1.79 bits per heavy atom. The first kappa shape index (κ1) is 17.4. The van der Waals surface area contributed by atoms with Gasteiger partial charge >= 0.3 is 0 Å². The van der Waals surface area contributed by atoms with Gasteiger partial charge in [-0.1, -0.05) is 36.4 Å². The van der Waals surface area contributed by atoms with E-state index in [-0.39, 0.29) is 11.5 Å². The highest BCUT2D eigenvalue weighted by Gasteiger charge is 2.17. The molecule has 28 heavy (non-hydrogen) atoms. The quantitative estimate of drug-likeness (QED) is 0.424. The summed E-state index contributed by atoms with van der Waals surface area (Å²) < 4.78 is 1.56. The molecule has 7 nitrogen and oxygen atoms in total. The Labute approximate surface area is 161 Å². The molecule has 0 unspecified atom stereocenters. The van der Waals surface area contributed by atoms with E-state index >= 15 is 0 Å². The number of aryl methyl sites for hydroxylation is 1. The fourth-order valence-corrected chi connectivity index (χ4v) is 3.03. The van der Waals surface area contributed by atoms with Gasteiger partial charge in [-0.25, -0.2) is 4.99 Å². The topological polar surface area (TPSA) is 87.4 Å². The van der Waals surface area contributed by atoms with Crippen LogP contribution in [0.15, 0.2) is 81.6 Å². The molecule has 4 aromatic rings. The highest BCUT2D eigenvalue weighted by Crippen LogP contribution is 2.26. The van der Waals surface area contributed by atoms with Gasteiger partial charge in [0.2, 0.25) is 5.96 Å². The number of anilines is 1. The summed E-state index contributed by atoms with van der Waals surface area (Å²) in [6.07, 6.45) is 1.53. The van der Waals surface area contributed by atoms with Crippen molar-refractivity contribution in [3.8, 4) is 5.69 Å². The van der Waals surface area contributed by atoms with Gasteiger partial charge in [-0.3, -0.25) is 14.5 Å². The maximum atomic E-state index is 13.2. The number of rotatable bonds is 3. The molecule has 2 heterocycles. The zero-order valence-corrected chi connectivity index (χ0v) is 15.3. The number of aromatic nitrogens is 3. The predicted octanol–water partition coefficient (Wildman–Crippen LogP) is 3.82. The molecule has 0 saturated carbocycles. The van der Waals surface area contributed by atoms with Crippen molar-refractivity contribution in [2.24, 2.45) is 9.98 Å². The van der Waals surface area contributed by atoms with Gasteiger partial charge in [0.05, 0.1) is 22.8 Å². The number of aliphatic imine (C=N–C) groups is 2. The van der Waals surface area contributed by atoms with Gasteiger partial charge in [0.15, 0.2) is 0 Å². The highest BCUT2D eigenvalue weighted by atomic mass is 16.1. The number of benzene rings is 2. The van der Waals surface area contributed by atoms with E-state index < -0.39 is 0 Å². The number of guanidine groups is 1. The first-order valence-corrected chi connectivity index (χ1v) is 8.70. The van der Waals surface area contributed by atoms with Crippen LogP contribution in [-0.2, 0) is 0 Å². The number of hydrogen-bond acceptors (Lipinski definition) is 3. The summed E-state index contributed by atoms with van der Waals surface area (Å²) in [5, 5.41) is 10.5. The number of nitrogens with zero attached hydrogens (tertiary/aromatic N) is 4. The van der Waals surface area contributed by atoms with Crippen LogP contribution in [0.1, 0.15) is 5.56 Å². The first-order valence-electron chi connectivity index (χ1n) is 8.70. The maximum Gasteiger partial charge on any atom is 0.267 e. The molecular formula is C21H18N6O. The van der Waals surface area contributed by atoms with Crippen LogP contribution in [0.25, 0.3) is 16.6 Å². The average Bonchev–Trinajstić information content (AvgIpc) is 3.23. The minimum Gasteiger partial charge on any atom is -0.324 e. The third-order valence-electron chi connectivity index (χ3n) is 4.40. The number of aromatic amines is 1. The number of fused-ring (bicyclic) bond motifs is 1. The molecule has 0 aliphatic rings. The summed E-state index contributed by atoms with van der Waals surface area (Å²) in [6, 6.07) is 18.9. The third kappa shape index (κ3) is 3.09. The average molecular weight is 370 g/mol. The van der Waals surface area contributed by atoms with Crippen molar-refractivity contribution in [3.05, 3.63) is 82.8 Å². The van der Waals surface area contributed by atoms with Crippen molar-refractivity contribution in [2.75, 3.05) is 5.32 Å². The van der Waals surface area contributed by atoms with Crippen LogP contribution >= 0.6 is 0 Å². The molecule has 0 aliphatic carbocycles. The van der Waals surface area contributed by atoms with E-state index in [0.29, 0.717) is 22.4 Å². The number of para-hydroxylation sites is 2. The molecule has 2 aromatic heterocycles. The maximum absolute atomic E-state index is 13.2. The van der Waals surface area contributed by atoms with Crippen LogP contribution in [0, 0.1) is 6.92 Å². The van der Waals surface area contributed by atoms with Crippen molar-refractivity contribution in [1.82, 2.24) is 14.8 Å². The Morgan fingerprint density at radius 1 is 1.11 bits per heavy atom. The number of nitrogens with one attached hydrogen (secondary N) is 2. The Balaban J connectivity index is 1.96. The molecule has 0 aliphatic heterocycles. The summed E-state index contributed by atoms with van der Waals surface area (Å²) in [5.41, 5.74) is 2.76. The van der Waals surface area contributed by atoms with Crippen LogP contribution in [0.5, 0.6) is 0 Å². The summed E-state index contributed by atoms with van der Waals surface area (Å²) in [5.74, 6) is 0.746. The molecule has 0 bridgehead atoms. The summed E-state index contributed by atoms with van der Waals surface area (Å²) in [6.45, 7) is 5.50. The molecule has 0 fully saturated rings. The lowest BCUT2D eigenvalue weighted by Crippen LogP contribution is -2.20. The van der Waals surface area contributed by atoms with E-state index in [1.807, 2.05) is 67.6 Å². The Bertz CT molecular complexity index is 1220. The van der Waals surface area contributed by atoms with Crippen LogP contribution < -0.4 is 10.9 Å². The van der Waals surface area contributed by atoms with Gasteiger partial charge in [0.25, 0.3) is 5.56 Å². The Kier molecular flexibility index (Phi) is 4.55. The van der Waals surface area contributed by atoms with E-state index in [0.717, 1.165) is 11.3 Å². The molecule has 0 radical (unpaired) electrons. The van der Waals surface area contributed by atoms with Crippen LogP contribution in [0.4, 0.5) is 11.5 Å². The lowest BCUT2D eigenvalue weighted by molar-refractivity contribution is 0.987. The van der Waals surface area contributed by atoms with Crippen LogP contribution in [0.3, 0.4) is 0 Å². The monoisotopic (exact) mass is 370 g/mol. The standard InChI is InChI=1S/C21H18N6O/c1-14-18-17(13-23-26-18)20(28)27(16-11-7-4-8-12-16)19(14)25-21(22-2)24-15-9-5-3-6-10-15/h3-13H,2H2,1H3,(H,23,26)(H,24,25). The molecule has 2 aromatic carbocycles. The van der Waals surface area contributed by atoms with Gasteiger partial charge in [-0.15, -0.1) is 0 Å². The van der Waals surface area contributed by atoms with Crippen molar-refractivity contribution < 1.29 is 0 Å². The molecular weight excluding hydrogens is 352 g/mol. The van der Waals surface area contributed by atoms with Gasteiger partial charge in [0, 0.05) is 11.3 Å². The van der Waals surface area contributed by atoms with Gasteiger partial charge in [-0.05, 0) is 37.9 Å². The van der Waals surface area contributed by atoms with E-state index in [2.05, 4.69) is 32.2 Å². The summed E-state index contributed by atoms with van der Waals surface area (Å²) in [7, 11) is 0. The van der Waals surface area contributed by atoms with E-state index in [9.17, 15) is 4.79 Å². The summed E-state index contributed by atoms with van der Waals surface area (Å²) >= 11 is 0. The molecule has 0 atom stereocenters. The Morgan fingerprint density at radius 3 is 2.46 bits per heavy atom. The number of H-pyrrole nitrogens is 1. The zero-order chi connectivity index (χ0) is 19.5. The largest absolute Gasteiger partial charge is 0.324 e. The smallest absolute Gasteiger partial charge is 0.267 e. The molecule has 138 valence electrons. The van der Waals surface area contributed by atoms with Crippen molar-refractivity contribution in [2.45, 2.75) is 6.92 Å². The minimum absolute atomic E-state index is 0.206. The second-order valence-corrected chi connectivity index (χ2v) is 6.17. The number of hydrogen-bond donors (Lipinski definition) is 2. The van der Waals surface area contributed by atoms with E-state index in [1.54, 1.807) is 4.57 Å². The molecule has 2 N–H and O–H groups in total. The van der Waals surface area contributed by atoms with Crippen molar-refractivity contribution >= 4 is 35.1 Å². The lowest BCUT2D eigenvalue weighted by Gasteiger charge is -2.14. The molecule has 4 rings (SSSR count). The van der Waals surface area contributed by atoms with Crippen LogP contribution in [-0.4, -0.2) is 27.4 Å². The second kappa shape index (κ2) is 7.32. The van der Waals surface area contributed by atoms with Crippen molar-refractivity contribution in [3.63, 3.8) is 0 Å². The zero-order valence-electron chi connectivity index (χ0n) is 15.3. The molecule has 0 saturated heterocycles. The molecule has 0 spiro atoms. The molecule has 0 amide bonds. The van der Waals surface area contributed by atoms with Crippen LogP contribution in [0.2, 0.25) is 0 Å². The van der Waals surface area contributed by atoms with Crippen molar-refractivity contribution in [1.29, 1.82) is 0 Å². The fourth-order valence-electron chi connectivity index (χ4n) is 3.03. The van der Waals surface area contributed by atoms with E-state index in [4.69, 9.17) is 0 Å².